The molecule has 0 spiro atoms. The van der Waals surface area contributed by atoms with E-state index in [1.807, 2.05) is 35.9 Å². The second-order valence-corrected chi connectivity index (χ2v) is 5.21. The van der Waals surface area contributed by atoms with Gasteiger partial charge in [-0.3, -0.25) is 10.1 Å². The van der Waals surface area contributed by atoms with Gasteiger partial charge in [-0.25, -0.2) is 4.98 Å². The van der Waals surface area contributed by atoms with Crippen LogP contribution >= 0.6 is 11.6 Å². The Bertz CT molecular complexity index is 812. The molecule has 112 valence electrons. The first-order chi connectivity index (χ1) is 10.6. The maximum atomic E-state index is 12.0. The highest BCUT2D eigenvalue weighted by Crippen LogP contribution is 2.18. The molecular formula is C16H14ClN3O2. The number of nitrogens with zero attached hydrogens (tertiary/aromatic N) is 2. The van der Waals surface area contributed by atoms with E-state index in [9.17, 15) is 4.79 Å². The van der Waals surface area contributed by atoms with E-state index >= 15 is 0 Å². The van der Waals surface area contributed by atoms with Gasteiger partial charge in [0.1, 0.15) is 5.75 Å². The molecule has 0 unspecified atom stereocenters. The number of carbonyl (C=O) groups is 1. The molecule has 5 nitrogen and oxygen atoms in total. The summed E-state index contributed by atoms with van der Waals surface area (Å²) in [4.78, 5) is 16.3. The van der Waals surface area contributed by atoms with Crippen LogP contribution in [0.3, 0.4) is 0 Å². The van der Waals surface area contributed by atoms with Crippen molar-refractivity contribution in [2.75, 3.05) is 11.9 Å². The van der Waals surface area contributed by atoms with Crippen LogP contribution in [-0.4, -0.2) is 22.1 Å². The zero-order valence-corrected chi connectivity index (χ0v) is 12.7. The number of aryl methyl sites for hydroxylation is 1. The molecule has 0 saturated carbocycles. The third-order valence-electron chi connectivity index (χ3n) is 3.22. The van der Waals surface area contributed by atoms with Crippen molar-refractivity contribution < 1.29 is 9.53 Å². The number of para-hydroxylation sites is 2. The molecule has 2 aromatic carbocycles. The fraction of sp³-hybridized carbons (Fsp3) is 0.125. The van der Waals surface area contributed by atoms with E-state index in [-0.39, 0.29) is 12.5 Å². The fourth-order valence-electron chi connectivity index (χ4n) is 2.10. The Hall–Kier alpha value is -2.53. The maximum Gasteiger partial charge on any atom is 0.264 e. The summed E-state index contributed by atoms with van der Waals surface area (Å²) >= 11 is 5.79. The Morgan fingerprint density at radius 3 is 2.68 bits per heavy atom. The summed E-state index contributed by atoms with van der Waals surface area (Å²) in [7, 11) is 1.85. The lowest BCUT2D eigenvalue weighted by atomic mass is 10.3. The molecule has 0 radical (unpaired) electrons. The van der Waals surface area contributed by atoms with Gasteiger partial charge >= 0.3 is 0 Å². The monoisotopic (exact) mass is 315 g/mol. The topological polar surface area (TPSA) is 56.2 Å². The molecule has 0 aliphatic carbocycles. The van der Waals surface area contributed by atoms with Gasteiger partial charge in [0.05, 0.1) is 11.0 Å². The van der Waals surface area contributed by atoms with Crippen molar-refractivity contribution >= 4 is 34.5 Å². The zero-order chi connectivity index (χ0) is 15.5. The fourth-order valence-corrected chi connectivity index (χ4v) is 2.22. The van der Waals surface area contributed by atoms with Crippen LogP contribution < -0.4 is 10.1 Å². The number of benzene rings is 2. The van der Waals surface area contributed by atoms with Gasteiger partial charge in [-0.05, 0) is 36.4 Å². The van der Waals surface area contributed by atoms with Crippen LogP contribution in [-0.2, 0) is 11.8 Å². The quantitative estimate of drug-likeness (QED) is 0.804. The Balaban J connectivity index is 1.65. The summed E-state index contributed by atoms with van der Waals surface area (Å²) < 4.78 is 7.23. The van der Waals surface area contributed by atoms with Crippen molar-refractivity contribution in [2.45, 2.75) is 0 Å². The average molecular weight is 316 g/mol. The molecule has 0 saturated heterocycles. The number of carbonyl (C=O) groups excluding carboxylic acids is 1. The van der Waals surface area contributed by atoms with E-state index in [2.05, 4.69) is 10.3 Å². The number of hydrogen-bond donors (Lipinski definition) is 1. The van der Waals surface area contributed by atoms with Crippen molar-refractivity contribution in [3.05, 3.63) is 53.6 Å². The molecule has 3 rings (SSSR count). The summed E-state index contributed by atoms with van der Waals surface area (Å²) in [5, 5.41) is 3.36. The lowest BCUT2D eigenvalue weighted by Crippen LogP contribution is -2.22. The van der Waals surface area contributed by atoms with Gasteiger partial charge in [-0.2, -0.15) is 0 Å². The summed E-state index contributed by atoms with van der Waals surface area (Å²) in [5.74, 6) is 0.809. The van der Waals surface area contributed by atoms with Crippen LogP contribution in [0.2, 0.25) is 5.02 Å². The highest BCUT2D eigenvalue weighted by atomic mass is 35.5. The highest BCUT2D eigenvalue weighted by molar-refractivity contribution is 6.30. The third-order valence-corrected chi connectivity index (χ3v) is 3.47. The van der Waals surface area contributed by atoms with Crippen LogP contribution in [0, 0.1) is 0 Å². The Morgan fingerprint density at radius 1 is 1.23 bits per heavy atom. The molecule has 6 heteroatoms. The summed E-state index contributed by atoms with van der Waals surface area (Å²) in [6, 6.07) is 14.5. The number of ether oxygens (including phenoxy) is 1. The zero-order valence-electron chi connectivity index (χ0n) is 11.9. The molecule has 0 aliphatic rings. The molecule has 0 bridgehead atoms. The number of amides is 1. The van der Waals surface area contributed by atoms with Crippen molar-refractivity contribution in [2.24, 2.45) is 7.05 Å². The number of hydrogen-bond acceptors (Lipinski definition) is 3. The van der Waals surface area contributed by atoms with Gasteiger partial charge in [0.25, 0.3) is 5.91 Å². The Labute approximate surface area is 132 Å². The normalized spacial score (nSPS) is 10.6. The van der Waals surface area contributed by atoms with Crippen molar-refractivity contribution in [3.63, 3.8) is 0 Å². The van der Waals surface area contributed by atoms with E-state index in [0.717, 1.165) is 11.0 Å². The minimum absolute atomic E-state index is 0.0924. The van der Waals surface area contributed by atoms with E-state index in [4.69, 9.17) is 16.3 Å². The predicted octanol–water partition coefficient (Wildman–Crippen LogP) is 3.24. The number of aromatic nitrogens is 2. The molecule has 1 aromatic heterocycles. The second-order valence-electron chi connectivity index (χ2n) is 4.77. The summed E-state index contributed by atoms with van der Waals surface area (Å²) in [6.07, 6.45) is 0. The molecule has 1 N–H and O–H groups in total. The van der Waals surface area contributed by atoms with E-state index < -0.39 is 0 Å². The van der Waals surface area contributed by atoms with Crippen LogP contribution in [0.15, 0.2) is 48.5 Å². The van der Waals surface area contributed by atoms with Crippen LogP contribution in [0.1, 0.15) is 0 Å². The summed E-state index contributed by atoms with van der Waals surface area (Å²) in [6.45, 7) is -0.0924. The third kappa shape index (κ3) is 3.04. The average Bonchev–Trinajstić information content (AvgIpc) is 2.83. The predicted molar refractivity (Wildman–Crippen MR) is 86.3 cm³/mol. The molecule has 1 amide bonds. The Morgan fingerprint density at radius 2 is 1.95 bits per heavy atom. The first-order valence-corrected chi connectivity index (χ1v) is 7.11. The van der Waals surface area contributed by atoms with Gasteiger partial charge < -0.3 is 9.30 Å². The van der Waals surface area contributed by atoms with Crippen LogP contribution in [0.5, 0.6) is 5.75 Å². The molecule has 1 heterocycles. The molecule has 22 heavy (non-hydrogen) atoms. The molecular weight excluding hydrogens is 302 g/mol. The molecule has 0 aliphatic heterocycles. The standard InChI is InChI=1S/C16H14ClN3O2/c1-20-14-5-3-2-4-13(14)18-16(20)19-15(21)10-22-12-8-6-11(17)7-9-12/h2-9H,10H2,1H3,(H,18,19,21). The van der Waals surface area contributed by atoms with Crippen molar-refractivity contribution in [1.29, 1.82) is 0 Å². The lowest BCUT2D eigenvalue weighted by Gasteiger charge is -2.07. The van der Waals surface area contributed by atoms with Gasteiger partial charge in [0.15, 0.2) is 6.61 Å². The van der Waals surface area contributed by atoms with E-state index in [1.165, 1.54) is 0 Å². The maximum absolute atomic E-state index is 12.0. The van der Waals surface area contributed by atoms with Crippen molar-refractivity contribution in [1.82, 2.24) is 9.55 Å². The number of fused-ring (bicyclic) bond motifs is 1. The van der Waals surface area contributed by atoms with Gasteiger partial charge in [-0.1, -0.05) is 23.7 Å². The van der Waals surface area contributed by atoms with E-state index in [1.54, 1.807) is 24.3 Å². The SMILES string of the molecule is Cn1c(NC(=O)COc2ccc(Cl)cc2)nc2ccccc21. The number of halogens is 1. The molecule has 3 aromatic rings. The number of nitrogens with one attached hydrogen (secondary N) is 1. The largest absolute Gasteiger partial charge is 0.484 e. The minimum Gasteiger partial charge on any atom is -0.484 e. The van der Waals surface area contributed by atoms with Gasteiger partial charge in [-0.15, -0.1) is 0 Å². The van der Waals surface area contributed by atoms with Crippen LogP contribution in [0.4, 0.5) is 5.95 Å². The van der Waals surface area contributed by atoms with Gasteiger partial charge in [0.2, 0.25) is 5.95 Å². The number of rotatable bonds is 4. The van der Waals surface area contributed by atoms with Crippen LogP contribution in [0.25, 0.3) is 11.0 Å². The van der Waals surface area contributed by atoms with Gasteiger partial charge in [0, 0.05) is 12.1 Å². The summed E-state index contributed by atoms with van der Waals surface area (Å²) in [5.41, 5.74) is 1.79. The first-order valence-electron chi connectivity index (χ1n) is 6.73. The number of imidazole rings is 1. The lowest BCUT2D eigenvalue weighted by molar-refractivity contribution is -0.118. The first kappa shape index (κ1) is 14.4. The second kappa shape index (κ2) is 6.07. The Kier molecular flexibility index (Phi) is 3.98. The molecule has 0 atom stereocenters. The highest BCUT2D eigenvalue weighted by Gasteiger charge is 2.10. The minimum atomic E-state index is -0.270. The smallest absolute Gasteiger partial charge is 0.264 e. The van der Waals surface area contributed by atoms with E-state index in [0.29, 0.717) is 16.7 Å². The van der Waals surface area contributed by atoms with Crippen molar-refractivity contribution in [3.8, 4) is 5.75 Å². The number of anilines is 1. The molecule has 0 fully saturated rings.